The van der Waals surface area contributed by atoms with Crippen molar-refractivity contribution >= 4 is 14.6 Å². The third-order valence-corrected chi connectivity index (χ3v) is 7.96. The minimum Gasteiger partial charge on any atom is -0.449 e. The summed E-state index contributed by atoms with van der Waals surface area (Å²) in [6, 6.07) is 2.61. The van der Waals surface area contributed by atoms with Crippen molar-refractivity contribution in [3.8, 4) is 17.9 Å². The first-order valence-corrected chi connectivity index (χ1v) is 13.2. The predicted octanol–water partition coefficient (Wildman–Crippen LogP) is 4.46. The molecule has 0 aromatic rings. The van der Waals surface area contributed by atoms with Crippen molar-refractivity contribution in [3.63, 3.8) is 0 Å². The molecule has 0 spiro atoms. The van der Waals surface area contributed by atoms with Crippen LogP contribution in [-0.4, -0.2) is 62.4 Å². The summed E-state index contributed by atoms with van der Waals surface area (Å²) in [7, 11) is -1.26. The van der Waals surface area contributed by atoms with Crippen molar-refractivity contribution in [1.29, 1.82) is 5.26 Å². The first-order chi connectivity index (χ1) is 16.0. The Bertz CT molecular complexity index is 662. The highest BCUT2D eigenvalue weighted by atomic mass is 31.2. The number of carbonyl (C=O) groups is 1. The van der Waals surface area contributed by atoms with Crippen LogP contribution >= 0.6 is 8.53 Å². The SMILES string of the molecule is CC(C)N(C(C)C)P(OCCC#N)OCCOCCNC(=O)OCC1C2CCC#CCCC21. The van der Waals surface area contributed by atoms with Gasteiger partial charge in [0.15, 0.2) is 0 Å². The Kier molecular flexibility index (Phi) is 13.1. The minimum atomic E-state index is -1.26. The number of nitriles is 1. The van der Waals surface area contributed by atoms with E-state index in [0.29, 0.717) is 63.8 Å². The van der Waals surface area contributed by atoms with Gasteiger partial charge in [-0.25, -0.2) is 9.46 Å². The lowest BCUT2D eigenvalue weighted by Gasteiger charge is -2.35. The van der Waals surface area contributed by atoms with Gasteiger partial charge in [-0.1, -0.05) is 0 Å². The maximum absolute atomic E-state index is 11.9. The van der Waals surface area contributed by atoms with Gasteiger partial charge >= 0.3 is 6.09 Å². The fourth-order valence-electron chi connectivity index (χ4n) is 4.32. The Hall–Kier alpha value is -1.41. The van der Waals surface area contributed by atoms with Crippen molar-refractivity contribution < 1.29 is 23.3 Å². The highest BCUT2D eigenvalue weighted by Gasteiger charge is 2.49. The average Bonchev–Trinajstić information content (AvgIpc) is 3.39. The van der Waals surface area contributed by atoms with Gasteiger partial charge in [0.1, 0.15) is 0 Å². The summed E-state index contributed by atoms with van der Waals surface area (Å²) in [6.45, 7) is 10.8. The first kappa shape index (κ1) is 27.8. The second-order valence-electron chi connectivity index (χ2n) is 8.94. The van der Waals surface area contributed by atoms with Gasteiger partial charge in [0, 0.05) is 31.5 Å². The number of hydrogen-bond acceptors (Lipinski definition) is 7. The molecule has 1 fully saturated rings. The Morgan fingerprint density at radius 2 is 1.70 bits per heavy atom. The van der Waals surface area contributed by atoms with Crippen LogP contribution in [0.4, 0.5) is 4.79 Å². The standard InChI is InChI=1S/C24H40N3O5P/c1-19(2)27(20(3)4)33(31-14-9-12-25)32-17-16-29-15-13-26-24(28)30-18-23-21-10-7-5-6-8-11-22(21)23/h19-23H,7-11,13-18H2,1-4H3,(H,26,28). The van der Waals surface area contributed by atoms with E-state index >= 15 is 0 Å². The molecule has 0 radical (unpaired) electrons. The van der Waals surface area contributed by atoms with E-state index in [2.05, 4.69) is 55.6 Å². The molecule has 1 saturated carbocycles. The van der Waals surface area contributed by atoms with Crippen molar-refractivity contribution in [2.75, 3.05) is 39.6 Å². The average molecular weight is 482 g/mol. The summed E-state index contributed by atoms with van der Waals surface area (Å²) < 4.78 is 24.9. The molecule has 0 bridgehead atoms. The van der Waals surface area contributed by atoms with E-state index in [-0.39, 0.29) is 18.2 Å². The summed E-state index contributed by atoms with van der Waals surface area (Å²) in [6.07, 6.45) is 4.13. The number of hydrogen-bond donors (Lipinski definition) is 1. The molecule has 1 N–H and O–H groups in total. The molecule has 2 rings (SSSR count). The van der Waals surface area contributed by atoms with Crippen LogP contribution in [0.3, 0.4) is 0 Å². The van der Waals surface area contributed by atoms with Gasteiger partial charge in [-0.15, -0.1) is 11.8 Å². The summed E-state index contributed by atoms with van der Waals surface area (Å²) in [5.74, 6) is 8.24. The number of rotatable bonds is 15. The molecule has 0 heterocycles. The van der Waals surface area contributed by atoms with Gasteiger partial charge < -0.3 is 23.8 Å². The number of ether oxygens (including phenoxy) is 2. The molecule has 0 aromatic carbocycles. The topological polar surface area (TPSA) is 93.0 Å². The molecular weight excluding hydrogens is 441 g/mol. The van der Waals surface area contributed by atoms with Crippen molar-refractivity contribution in [2.24, 2.45) is 17.8 Å². The summed E-state index contributed by atoms with van der Waals surface area (Å²) >= 11 is 0. The molecule has 3 unspecified atom stereocenters. The maximum Gasteiger partial charge on any atom is 0.407 e. The summed E-state index contributed by atoms with van der Waals surface area (Å²) in [5, 5.41) is 11.5. The monoisotopic (exact) mass is 481 g/mol. The van der Waals surface area contributed by atoms with Crippen LogP contribution in [0.15, 0.2) is 0 Å². The van der Waals surface area contributed by atoms with Gasteiger partial charge in [-0.3, -0.25) is 0 Å². The Balaban J connectivity index is 1.54. The number of carbonyl (C=O) groups excluding carboxylic acids is 1. The second-order valence-corrected chi connectivity index (χ2v) is 10.4. The molecule has 2 aliphatic carbocycles. The van der Waals surface area contributed by atoms with Crippen LogP contribution in [0, 0.1) is 40.9 Å². The van der Waals surface area contributed by atoms with E-state index in [9.17, 15) is 4.79 Å². The third-order valence-electron chi connectivity index (χ3n) is 5.85. The maximum atomic E-state index is 11.9. The van der Waals surface area contributed by atoms with Gasteiger partial charge in [0.2, 0.25) is 0 Å². The number of alkyl carbamates (subject to hydrolysis) is 1. The van der Waals surface area contributed by atoms with Crippen LogP contribution < -0.4 is 5.32 Å². The lowest BCUT2D eigenvalue weighted by molar-refractivity contribution is 0.0864. The molecular formula is C24H40N3O5P. The van der Waals surface area contributed by atoms with E-state index in [0.717, 1.165) is 25.7 Å². The quantitative estimate of drug-likeness (QED) is 0.210. The van der Waals surface area contributed by atoms with Gasteiger partial charge in [0.05, 0.1) is 45.5 Å². The number of amides is 1. The van der Waals surface area contributed by atoms with Crippen molar-refractivity contribution in [2.45, 2.75) is 71.9 Å². The summed E-state index contributed by atoms with van der Waals surface area (Å²) in [4.78, 5) is 11.9. The third kappa shape index (κ3) is 10.2. The zero-order valence-electron chi connectivity index (χ0n) is 20.5. The Morgan fingerprint density at radius 3 is 2.30 bits per heavy atom. The molecule has 33 heavy (non-hydrogen) atoms. The summed E-state index contributed by atoms with van der Waals surface area (Å²) in [5.41, 5.74) is 0. The molecule has 0 aromatic heterocycles. The van der Waals surface area contributed by atoms with Gasteiger partial charge in [0.25, 0.3) is 8.53 Å². The first-order valence-electron chi connectivity index (χ1n) is 12.1. The molecule has 2 aliphatic rings. The largest absolute Gasteiger partial charge is 0.449 e. The Labute approximate surface area is 200 Å². The number of fused-ring (bicyclic) bond motifs is 1. The van der Waals surface area contributed by atoms with Crippen LogP contribution in [0.2, 0.25) is 0 Å². The number of nitrogens with zero attached hydrogens (tertiary/aromatic N) is 2. The minimum absolute atomic E-state index is 0.260. The van der Waals surface area contributed by atoms with E-state index in [1.807, 2.05) is 0 Å². The predicted molar refractivity (Wildman–Crippen MR) is 128 cm³/mol. The highest BCUT2D eigenvalue weighted by molar-refractivity contribution is 7.44. The molecule has 0 aliphatic heterocycles. The van der Waals surface area contributed by atoms with Crippen molar-refractivity contribution in [3.05, 3.63) is 0 Å². The van der Waals surface area contributed by atoms with Crippen molar-refractivity contribution in [1.82, 2.24) is 9.99 Å². The highest BCUT2D eigenvalue weighted by Crippen LogP contribution is 2.52. The fraction of sp³-hybridized carbons (Fsp3) is 0.833. The zero-order chi connectivity index (χ0) is 24.1. The van der Waals surface area contributed by atoms with Gasteiger partial charge in [-0.05, 0) is 58.3 Å². The van der Waals surface area contributed by atoms with Crippen LogP contribution in [0.5, 0.6) is 0 Å². The van der Waals surface area contributed by atoms with Crippen LogP contribution in [-0.2, 0) is 18.5 Å². The normalized spacial score (nSPS) is 22.5. The lowest BCUT2D eigenvalue weighted by atomic mass is 10.1. The number of nitrogens with one attached hydrogen (secondary N) is 1. The zero-order valence-corrected chi connectivity index (χ0v) is 21.4. The molecule has 1 amide bonds. The lowest BCUT2D eigenvalue weighted by Crippen LogP contribution is -2.34. The van der Waals surface area contributed by atoms with Crippen LogP contribution in [0.1, 0.15) is 59.8 Å². The second kappa shape index (κ2) is 15.5. The molecule has 0 saturated heterocycles. The molecule has 3 atom stereocenters. The van der Waals surface area contributed by atoms with E-state index in [4.69, 9.17) is 23.8 Å². The van der Waals surface area contributed by atoms with E-state index in [1.54, 1.807) is 0 Å². The molecule has 9 heteroatoms. The van der Waals surface area contributed by atoms with Gasteiger partial charge in [-0.2, -0.15) is 5.26 Å². The van der Waals surface area contributed by atoms with E-state index < -0.39 is 8.53 Å². The van der Waals surface area contributed by atoms with Crippen LogP contribution in [0.25, 0.3) is 0 Å². The fourth-order valence-corrected chi connectivity index (χ4v) is 5.89. The molecule has 8 nitrogen and oxygen atoms in total. The molecule has 186 valence electrons. The Morgan fingerprint density at radius 1 is 1.06 bits per heavy atom. The smallest absolute Gasteiger partial charge is 0.407 e. The van der Waals surface area contributed by atoms with E-state index in [1.165, 1.54) is 0 Å².